The number of urea groups is 1. The van der Waals surface area contributed by atoms with Crippen molar-refractivity contribution in [2.45, 2.75) is 65.5 Å². The Morgan fingerprint density at radius 3 is 2.56 bits per heavy atom. The second kappa shape index (κ2) is 10.9. The SMILES string of the molecule is CCC1=N[C@H](NC(=O)Nc2cccc(C)c2)CN(CC(=O)C2CCCCC2)c2c(C)cccc21. The summed E-state index contributed by atoms with van der Waals surface area (Å²) in [6.45, 7) is 6.97. The zero-order chi connectivity index (χ0) is 24.1. The molecule has 1 fully saturated rings. The summed E-state index contributed by atoms with van der Waals surface area (Å²) in [5, 5.41) is 5.96. The Bertz CT molecular complexity index is 1070. The van der Waals surface area contributed by atoms with Gasteiger partial charge in [-0.15, -0.1) is 0 Å². The maximum absolute atomic E-state index is 13.3. The van der Waals surface area contributed by atoms with E-state index >= 15 is 0 Å². The molecule has 34 heavy (non-hydrogen) atoms. The summed E-state index contributed by atoms with van der Waals surface area (Å²) in [6.07, 6.45) is 5.78. The molecule has 1 aliphatic heterocycles. The van der Waals surface area contributed by atoms with Gasteiger partial charge in [-0.1, -0.05) is 56.5 Å². The minimum absolute atomic E-state index is 0.145. The van der Waals surface area contributed by atoms with Gasteiger partial charge in [-0.25, -0.2) is 4.79 Å². The fourth-order valence-corrected chi connectivity index (χ4v) is 5.20. The number of nitrogens with zero attached hydrogens (tertiary/aromatic N) is 2. The van der Waals surface area contributed by atoms with Gasteiger partial charge in [0.05, 0.1) is 13.1 Å². The van der Waals surface area contributed by atoms with Gasteiger partial charge in [0.2, 0.25) is 0 Å². The number of Topliss-reactive ketones (excluding diaryl/α,β-unsaturated/α-hetero) is 1. The fraction of sp³-hybridized carbons (Fsp3) is 0.464. The highest BCUT2D eigenvalue weighted by atomic mass is 16.2. The average Bonchev–Trinajstić information content (AvgIpc) is 2.96. The van der Waals surface area contributed by atoms with Gasteiger partial charge in [-0.3, -0.25) is 9.79 Å². The first-order valence-electron chi connectivity index (χ1n) is 12.5. The predicted molar refractivity (Wildman–Crippen MR) is 139 cm³/mol. The quantitative estimate of drug-likeness (QED) is 0.588. The summed E-state index contributed by atoms with van der Waals surface area (Å²) in [5.74, 6) is 0.448. The summed E-state index contributed by atoms with van der Waals surface area (Å²) in [4.78, 5) is 33.2. The zero-order valence-electron chi connectivity index (χ0n) is 20.6. The molecule has 6 heteroatoms. The molecule has 4 rings (SSSR count). The van der Waals surface area contributed by atoms with Crippen molar-refractivity contribution in [2.24, 2.45) is 10.9 Å². The van der Waals surface area contributed by atoms with Crippen LogP contribution in [0.25, 0.3) is 0 Å². The highest BCUT2D eigenvalue weighted by Crippen LogP contribution is 2.31. The molecule has 0 aromatic heterocycles. The first-order chi connectivity index (χ1) is 16.4. The van der Waals surface area contributed by atoms with E-state index in [-0.39, 0.29) is 11.9 Å². The van der Waals surface area contributed by atoms with Gasteiger partial charge in [0.15, 0.2) is 5.78 Å². The number of nitrogens with one attached hydrogen (secondary N) is 2. The fourth-order valence-electron chi connectivity index (χ4n) is 5.20. The average molecular weight is 461 g/mol. The Hall–Kier alpha value is -3.15. The maximum atomic E-state index is 13.3. The number of rotatable bonds is 6. The normalized spacial score (nSPS) is 18.5. The lowest BCUT2D eigenvalue weighted by molar-refractivity contribution is -0.122. The standard InChI is InChI=1S/C28H36N4O2/c1-4-24-23-15-9-11-20(3)27(23)32(17-25(33)21-12-6-5-7-13-21)18-26(30-24)31-28(34)29-22-14-8-10-19(2)16-22/h8-11,14-16,21,26H,4-7,12-13,17-18H2,1-3H3,(H2,29,31,34)/t26-/m1/s1. The largest absolute Gasteiger partial charge is 0.359 e. The topological polar surface area (TPSA) is 73.8 Å². The van der Waals surface area contributed by atoms with Crippen LogP contribution in [0.2, 0.25) is 0 Å². The number of carbonyl (C=O) groups is 2. The third kappa shape index (κ3) is 5.66. The Labute approximate surface area is 202 Å². The first-order valence-corrected chi connectivity index (χ1v) is 12.5. The lowest BCUT2D eigenvalue weighted by Gasteiger charge is -2.30. The molecule has 1 heterocycles. The van der Waals surface area contributed by atoms with Crippen molar-refractivity contribution >= 4 is 28.9 Å². The van der Waals surface area contributed by atoms with Crippen molar-refractivity contribution in [1.29, 1.82) is 0 Å². The van der Waals surface area contributed by atoms with Gasteiger partial charge in [0, 0.05) is 28.6 Å². The maximum Gasteiger partial charge on any atom is 0.320 e. The van der Waals surface area contributed by atoms with Crippen LogP contribution >= 0.6 is 0 Å². The number of amides is 2. The Balaban J connectivity index is 1.57. The molecule has 0 saturated heterocycles. The van der Waals surface area contributed by atoms with Crippen molar-refractivity contribution in [1.82, 2.24) is 5.32 Å². The minimum atomic E-state index is -0.453. The monoisotopic (exact) mass is 460 g/mol. The molecule has 2 aliphatic rings. The molecule has 2 N–H and O–H groups in total. The number of benzodiazepines with no additional fused rings is 1. The number of anilines is 2. The van der Waals surface area contributed by atoms with Crippen molar-refractivity contribution in [3.05, 3.63) is 59.2 Å². The van der Waals surface area contributed by atoms with Crippen molar-refractivity contribution in [3.8, 4) is 0 Å². The Morgan fingerprint density at radius 1 is 1.06 bits per heavy atom. The first kappa shape index (κ1) is 24.0. The second-order valence-electron chi connectivity index (χ2n) is 9.57. The van der Waals surface area contributed by atoms with Crippen LogP contribution in [0.5, 0.6) is 0 Å². The number of benzene rings is 2. The molecule has 2 aromatic carbocycles. The summed E-state index contributed by atoms with van der Waals surface area (Å²) >= 11 is 0. The predicted octanol–water partition coefficient (Wildman–Crippen LogP) is 5.62. The molecule has 180 valence electrons. The van der Waals surface area contributed by atoms with Crippen LogP contribution in [0.4, 0.5) is 16.2 Å². The van der Waals surface area contributed by atoms with E-state index in [0.717, 1.165) is 65.9 Å². The number of aliphatic imine (C=N–C) groups is 1. The number of fused-ring (bicyclic) bond motifs is 1. The van der Waals surface area contributed by atoms with Crippen molar-refractivity contribution in [3.63, 3.8) is 0 Å². The van der Waals surface area contributed by atoms with Gasteiger partial charge >= 0.3 is 6.03 Å². The van der Waals surface area contributed by atoms with Crippen LogP contribution in [0, 0.1) is 19.8 Å². The minimum Gasteiger partial charge on any atom is -0.359 e. The smallest absolute Gasteiger partial charge is 0.320 e. The molecule has 0 radical (unpaired) electrons. The molecule has 0 spiro atoms. The number of aryl methyl sites for hydroxylation is 2. The molecular formula is C28H36N4O2. The van der Waals surface area contributed by atoms with E-state index in [1.165, 1.54) is 6.42 Å². The molecule has 2 aromatic rings. The number of ketones is 1. The molecule has 0 bridgehead atoms. The Kier molecular flexibility index (Phi) is 7.66. The van der Waals surface area contributed by atoms with E-state index < -0.39 is 6.17 Å². The van der Waals surface area contributed by atoms with Crippen LogP contribution in [0.15, 0.2) is 47.5 Å². The van der Waals surface area contributed by atoms with Crippen LogP contribution in [-0.2, 0) is 4.79 Å². The third-order valence-corrected chi connectivity index (χ3v) is 6.89. The van der Waals surface area contributed by atoms with Crippen molar-refractivity contribution < 1.29 is 9.59 Å². The Morgan fingerprint density at radius 2 is 1.82 bits per heavy atom. The van der Waals surface area contributed by atoms with Crippen LogP contribution < -0.4 is 15.5 Å². The number of carbonyl (C=O) groups excluding carboxylic acids is 2. The number of hydrogen-bond acceptors (Lipinski definition) is 4. The molecule has 0 unspecified atom stereocenters. The van der Waals surface area contributed by atoms with E-state index in [1.54, 1.807) is 0 Å². The van der Waals surface area contributed by atoms with Crippen LogP contribution in [0.3, 0.4) is 0 Å². The van der Waals surface area contributed by atoms with Gasteiger partial charge in [0.1, 0.15) is 6.17 Å². The van der Waals surface area contributed by atoms with Crippen LogP contribution in [-0.4, -0.2) is 36.8 Å². The van der Waals surface area contributed by atoms with E-state index in [2.05, 4.69) is 41.5 Å². The molecule has 1 atom stereocenters. The summed E-state index contributed by atoms with van der Waals surface area (Å²) < 4.78 is 0. The molecule has 2 amide bonds. The van der Waals surface area contributed by atoms with E-state index in [1.807, 2.05) is 37.3 Å². The number of hydrogen-bond donors (Lipinski definition) is 2. The number of para-hydroxylation sites is 1. The van der Waals surface area contributed by atoms with Gasteiger partial charge in [0.25, 0.3) is 0 Å². The van der Waals surface area contributed by atoms with Crippen LogP contribution in [0.1, 0.15) is 62.1 Å². The summed E-state index contributed by atoms with van der Waals surface area (Å²) in [6, 6.07) is 13.6. The molecular weight excluding hydrogens is 424 g/mol. The molecule has 6 nitrogen and oxygen atoms in total. The second-order valence-corrected chi connectivity index (χ2v) is 9.57. The van der Waals surface area contributed by atoms with E-state index in [0.29, 0.717) is 18.9 Å². The van der Waals surface area contributed by atoms with Gasteiger partial charge in [-0.2, -0.15) is 0 Å². The van der Waals surface area contributed by atoms with Crippen molar-refractivity contribution in [2.75, 3.05) is 23.3 Å². The van der Waals surface area contributed by atoms with E-state index in [9.17, 15) is 9.59 Å². The van der Waals surface area contributed by atoms with Gasteiger partial charge in [-0.05, 0) is 56.4 Å². The molecule has 1 aliphatic carbocycles. The van der Waals surface area contributed by atoms with Gasteiger partial charge < -0.3 is 15.5 Å². The molecule has 1 saturated carbocycles. The highest BCUT2D eigenvalue weighted by molar-refractivity contribution is 6.07. The highest BCUT2D eigenvalue weighted by Gasteiger charge is 2.29. The summed E-state index contributed by atoms with van der Waals surface area (Å²) in [5.41, 5.74) is 6.02. The lowest BCUT2D eigenvalue weighted by Crippen LogP contribution is -2.46. The zero-order valence-corrected chi connectivity index (χ0v) is 20.6. The lowest BCUT2D eigenvalue weighted by atomic mass is 9.86. The van der Waals surface area contributed by atoms with E-state index in [4.69, 9.17) is 4.99 Å². The third-order valence-electron chi connectivity index (χ3n) is 6.89. The summed E-state index contributed by atoms with van der Waals surface area (Å²) in [7, 11) is 0.